The maximum Gasteiger partial charge on any atom is 0.132 e. The zero-order chi connectivity index (χ0) is 12.3. The van der Waals surface area contributed by atoms with Gasteiger partial charge >= 0.3 is 0 Å². The smallest absolute Gasteiger partial charge is 0.132 e. The molecule has 1 aromatic heterocycles. The van der Waals surface area contributed by atoms with Crippen molar-refractivity contribution < 1.29 is 4.39 Å². The molecular formula is C13H15FN2S. The minimum absolute atomic E-state index is 0.177. The van der Waals surface area contributed by atoms with Crippen LogP contribution in [0, 0.1) is 5.82 Å². The van der Waals surface area contributed by atoms with E-state index in [1.807, 2.05) is 18.4 Å². The van der Waals surface area contributed by atoms with Gasteiger partial charge in [0.15, 0.2) is 0 Å². The lowest BCUT2D eigenvalue weighted by atomic mass is 10.1. The maximum absolute atomic E-state index is 13.5. The summed E-state index contributed by atoms with van der Waals surface area (Å²) in [5.41, 5.74) is 6.98. The summed E-state index contributed by atoms with van der Waals surface area (Å²) in [4.78, 5) is 4.44. The molecule has 0 aliphatic carbocycles. The van der Waals surface area contributed by atoms with Crippen molar-refractivity contribution in [2.45, 2.75) is 25.8 Å². The van der Waals surface area contributed by atoms with Gasteiger partial charge < -0.3 is 5.73 Å². The summed E-state index contributed by atoms with van der Waals surface area (Å²) in [6.45, 7) is 1.98. The van der Waals surface area contributed by atoms with Crippen molar-refractivity contribution in [3.8, 4) is 11.3 Å². The molecule has 2 aromatic rings. The van der Waals surface area contributed by atoms with Crippen LogP contribution in [0.1, 0.15) is 18.4 Å². The van der Waals surface area contributed by atoms with Crippen LogP contribution >= 0.6 is 11.3 Å². The van der Waals surface area contributed by atoms with E-state index < -0.39 is 0 Å². The molecule has 0 bridgehead atoms. The first kappa shape index (κ1) is 12.2. The normalized spacial score (nSPS) is 12.6. The Morgan fingerprint density at radius 3 is 2.88 bits per heavy atom. The van der Waals surface area contributed by atoms with Gasteiger partial charge in [-0.1, -0.05) is 12.1 Å². The molecule has 0 amide bonds. The molecule has 2 rings (SSSR count). The predicted molar refractivity (Wildman–Crippen MR) is 69.5 cm³/mol. The molecule has 1 atom stereocenters. The third-order valence-corrected chi connectivity index (χ3v) is 3.42. The number of nitrogens with zero attached hydrogens (tertiary/aromatic N) is 1. The molecule has 0 fully saturated rings. The van der Waals surface area contributed by atoms with Crippen LogP contribution in [0.3, 0.4) is 0 Å². The molecule has 17 heavy (non-hydrogen) atoms. The highest BCUT2D eigenvalue weighted by atomic mass is 32.1. The van der Waals surface area contributed by atoms with E-state index in [0.717, 1.165) is 17.8 Å². The zero-order valence-electron chi connectivity index (χ0n) is 9.69. The van der Waals surface area contributed by atoms with E-state index in [1.165, 1.54) is 6.07 Å². The van der Waals surface area contributed by atoms with Crippen LogP contribution in [0.5, 0.6) is 0 Å². The van der Waals surface area contributed by atoms with Crippen LogP contribution in [0.2, 0.25) is 0 Å². The molecular weight excluding hydrogens is 235 g/mol. The second kappa shape index (κ2) is 5.38. The second-order valence-corrected chi connectivity index (χ2v) is 5.06. The summed E-state index contributed by atoms with van der Waals surface area (Å²) in [6, 6.07) is 6.88. The van der Waals surface area contributed by atoms with Gasteiger partial charge in [0.25, 0.3) is 0 Å². The Labute approximate surface area is 104 Å². The standard InChI is InChI=1S/C13H15FN2S/c1-9(15)6-7-13-16-12(8-17-13)10-4-2-3-5-11(10)14/h2-5,8-9H,6-7,15H2,1H3. The average Bonchev–Trinajstić information content (AvgIpc) is 2.75. The van der Waals surface area contributed by atoms with Crippen LogP contribution in [-0.2, 0) is 6.42 Å². The number of hydrogen-bond acceptors (Lipinski definition) is 3. The first-order valence-electron chi connectivity index (χ1n) is 5.61. The van der Waals surface area contributed by atoms with Gasteiger partial charge in [-0.15, -0.1) is 11.3 Å². The summed E-state index contributed by atoms with van der Waals surface area (Å²) >= 11 is 1.56. The Hall–Kier alpha value is -1.26. The van der Waals surface area contributed by atoms with E-state index in [1.54, 1.807) is 23.5 Å². The fourth-order valence-corrected chi connectivity index (χ4v) is 2.38. The van der Waals surface area contributed by atoms with E-state index in [-0.39, 0.29) is 11.9 Å². The van der Waals surface area contributed by atoms with Crippen LogP contribution in [0.25, 0.3) is 11.3 Å². The molecule has 2 nitrogen and oxygen atoms in total. The number of halogens is 1. The fourth-order valence-electron chi connectivity index (χ4n) is 1.57. The summed E-state index contributed by atoms with van der Waals surface area (Å²) in [6.07, 6.45) is 1.76. The molecule has 0 saturated heterocycles. The topological polar surface area (TPSA) is 38.9 Å². The van der Waals surface area contributed by atoms with Crippen LogP contribution < -0.4 is 5.73 Å². The van der Waals surface area contributed by atoms with E-state index in [2.05, 4.69) is 4.98 Å². The Morgan fingerprint density at radius 1 is 1.41 bits per heavy atom. The Morgan fingerprint density at radius 2 is 2.18 bits per heavy atom. The quantitative estimate of drug-likeness (QED) is 0.904. The largest absolute Gasteiger partial charge is 0.328 e. The number of nitrogens with two attached hydrogens (primary N) is 1. The molecule has 0 aliphatic heterocycles. The van der Waals surface area contributed by atoms with E-state index in [0.29, 0.717) is 11.3 Å². The van der Waals surface area contributed by atoms with Gasteiger partial charge in [-0.3, -0.25) is 0 Å². The number of hydrogen-bond donors (Lipinski definition) is 1. The number of aryl methyl sites for hydroxylation is 1. The van der Waals surface area contributed by atoms with Crippen molar-refractivity contribution in [2.75, 3.05) is 0 Å². The van der Waals surface area contributed by atoms with Gasteiger partial charge in [-0.25, -0.2) is 9.37 Å². The number of benzene rings is 1. The third kappa shape index (κ3) is 3.11. The molecule has 0 radical (unpaired) electrons. The van der Waals surface area contributed by atoms with Crippen molar-refractivity contribution >= 4 is 11.3 Å². The Kier molecular flexibility index (Phi) is 3.86. The highest BCUT2D eigenvalue weighted by Crippen LogP contribution is 2.24. The highest BCUT2D eigenvalue weighted by Gasteiger charge is 2.08. The van der Waals surface area contributed by atoms with Crippen molar-refractivity contribution in [3.63, 3.8) is 0 Å². The lowest BCUT2D eigenvalue weighted by Gasteiger charge is -2.01. The summed E-state index contributed by atoms with van der Waals surface area (Å²) < 4.78 is 13.5. The van der Waals surface area contributed by atoms with Gasteiger partial charge in [-0.05, 0) is 25.5 Å². The van der Waals surface area contributed by atoms with Crippen molar-refractivity contribution in [1.82, 2.24) is 4.98 Å². The monoisotopic (exact) mass is 250 g/mol. The summed E-state index contributed by atoms with van der Waals surface area (Å²) in [7, 11) is 0. The van der Waals surface area contributed by atoms with Gasteiger partial charge in [0.05, 0.1) is 10.7 Å². The maximum atomic E-state index is 13.5. The Bertz CT molecular complexity index is 494. The average molecular weight is 250 g/mol. The van der Waals surface area contributed by atoms with Crippen molar-refractivity contribution in [1.29, 1.82) is 0 Å². The molecule has 2 N–H and O–H groups in total. The number of thiazole rings is 1. The van der Waals surface area contributed by atoms with Crippen LogP contribution in [-0.4, -0.2) is 11.0 Å². The molecule has 1 unspecified atom stereocenters. The van der Waals surface area contributed by atoms with Gasteiger partial charge in [0.2, 0.25) is 0 Å². The first-order valence-corrected chi connectivity index (χ1v) is 6.49. The third-order valence-electron chi connectivity index (χ3n) is 2.52. The molecule has 1 heterocycles. The summed E-state index contributed by atoms with van der Waals surface area (Å²) in [5.74, 6) is -0.225. The van der Waals surface area contributed by atoms with E-state index in [9.17, 15) is 4.39 Å². The van der Waals surface area contributed by atoms with E-state index in [4.69, 9.17) is 5.73 Å². The zero-order valence-corrected chi connectivity index (χ0v) is 10.5. The van der Waals surface area contributed by atoms with Gasteiger partial charge in [0.1, 0.15) is 5.82 Å². The van der Waals surface area contributed by atoms with Crippen molar-refractivity contribution in [3.05, 3.63) is 40.5 Å². The number of rotatable bonds is 4. The SMILES string of the molecule is CC(N)CCc1nc(-c2ccccc2F)cs1. The van der Waals surface area contributed by atoms with Crippen LogP contribution in [0.4, 0.5) is 4.39 Å². The predicted octanol–water partition coefficient (Wildman–Crippen LogP) is 3.23. The molecule has 1 aromatic carbocycles. The van der Waals surface area contributed by atoms with E-state index >= 15 is 0 Å². The minimum Gasteiger partial charge on any atom is -0.328 e. The first-order chi connectivity index (χ1) is 8.16. The number of aromatic nitrogens is 1. The lowest BCUT2D eigenvalue weighted by Crippen LogP contribution is -2.15. The van der Waals surface area contributed by atoms with Crippen molar-refractivity contribution in [2.24, 2.45) is 5.73 Å². The summed E-state index contributed by atoms with van der Waals surface area (Å²) in [5, 5.41) is 2.91. The highest BCUT2D eigenvalue weighted by molar-refractivity contribution is 7.09. The molecule has 0 saturated carbocycles. The molecule has 90 valence electrons. The fraction of sp³-hybridized carbons (Fsp3) is 0.308. The van der Waals surface area contributed by atoms with Gasteiger partial charge in [-0.2, -0.15) is 0 Å². The Balaban J connectivity index is 2.16. The van der Waals surface area contributed by atoms with Crippen LogP contribution in [0.15, 0.2) is 29.6 Å². The van der Waals surface area contributed by atoms with Gasteiger partial charge in [0, 0.05) is 23.4 Å². The second-order valence-electron chi connectivity index (χ2n) is 4.12. The molecule has 4 heteroatoms. The minimum atomic E-state index is -0.225. The lowest BCUT2D eigenvalue weighted by molar-refractivity contribution is 0.630. The molecule has 0 spiro atoms. The molecule has 0 aliphatic rings.